The molecule has 0 radical (unpaired) electrons. The number of amides is 1. The molecule has 9 heteroatoms. The summed E-state index contributed by atoms with van der Waals surface area (Å²) in [5.41, 5.74) is 2.30. The Balaban J connectivity index is 1.40. The van der Waals surface area contributed by atoms with Crippen LogP contribution in [-0.2, 0) is 32.4 Å². The molecule has 1 amide bonds. The molecule has 2 aromatic rings. The molecule has 33 heavy (non-hydrogen) atoms. The van der Waals surface area contributed by atoms with Crippen LogP contribution in [-0.4, -0.2) is 44.8 Å². The molecule has 1 N–H and O–H groups in total. The van der Waals surface area contributed by atoms with Gasteiger partial charge in [-0.25, -0.2) is 13.2 Å². The Labute approximate surface area is 198 Å². The van der Waals surface area contributed by atoms with Gasteiger partial charge in [-0.1, -0.05) is 30.3 Å². The lowest BCUT2D eigenvalue weighted by Gasteiger charge is -2.29. The van der Waals surface area contributed by atoms with E-state index in [1.807, 2.05) is 30.3 Å². The highest BCUT2D eigenvalue weighted by Gasteiger charge is 2.32. The van der Waals surface area contributed by atoms with Crippen LogP contribution in [0.15, 0.2) is 35.7 Å². The first kappa shape index (κ1) is 23.7. The first-order valence-electron chi connectivity index (χ1n) is 11.2. The van der Waals surface area contributed by atoms with Crippen LogP contribution < -0.4 is 5.32 Å². The number of hydrogen-bond acceptors (Lipinski definition) is 6. The Morgan fingerprint density at radius 2 is 1.82 bits per heavy atom. The molecule has 0 spiro atoms. The summed E-state index contributed by atoms with van der Waals surface area (Å²) in [5.74, 6) is -0.898. The summed E-state index contributed by atoms with van der Waals surface area (Å²) in [7, 11) is -2.20. The third-order valence-electron chi connectivity index (χ3n) is 6.21. The van der Waals surface area contributed by atoms with Crippen molar-refractivity contribution >= 4 is 44.3 Å². The number of fused-ring (bicyclic) bond motifs is 1. The van der Waals surface area contributed by atoms with Gasteiger partial charge >= 0.3 is 5.97 Å². The second kappa shape index (κ2) is 10.2. The van der Waals surface area contributed by atoms with Crippen molar-refractivity contribution in [3.05, 3.63) is 57.3 Å². The van der Waals surface area contributed by atoms with Crippen molar-refractivity contribution in [2.75, 3.05) is 25.5 Å². The number of carbonyl (C=O) groups excluding carboxylic acids is 2. The number of benzene rings is 1. The van der Waals surface area contributed by atoms with Gasteiger partial charge in [-0.05, 0) is 55.7 Å². The van der Waals surface area contributed by atoms with Crippen LogP contribution in [0.3, 0.4) is 0 Å². The van der Waals surface area contributed by atoms with Crippen molar-refractivity contribution in [2.24, 2.45) is 5.92 Å². The Hall–Kier alpha value is -2.49. The quantitative estimate of drug-likeness (QED) is 0.619. The van der Waals surface area contributed by atoms with Crippen molar-refractivity contribution < 1.29 is 22.7 Å². The zero-order valence-corrected chi connectivity index (χ0v) is 20.2. The van der Waals surface area contributed by atoms with E-state index in [2.05, 4.69) is 5.32 Å². The molecule has 176 valence electrons. The van der Waals surface area contributed by atoms with Crippen molar-refractivity contribution in [2.45, 2.75) is 38.5 Å². The van der Waals surface area contributed by atoms with E-state index in [-0.39, 0.29) is 24.9 Å². The number of nitrogens with one attached hydrogen (secondary N) is 1. The van der Waals surface area contributed by atoms with Crippen LogP contribution in [0.5, 0.6) is 0 Å². The number of nitrogens with zero attached hydrogens (tertiary/aromatic N) is 1. The van der Waals surface area contributed by atoms with Gasteiger partial charge in [0.1, 0.15) is 5.00 Å². The van der Waals surface area contributed by atoms with Crippen LogP contribution in [0.1, 0.15) is 52.0 Å². The molecule has 2 heterocycles. The number of esters is 1. The Bertz CT molecular complexity index is 1150. The number of ether oxygens (including phenoxy) is 1. The van der Waals surface area contributed by atoms with E-state index < -0.39 is 16.0 Å². The first-order valence-corrected chi connectivity index (χ1v) is 13.5. The zero-order valence-electron chi connectivity index (χ0n) is 18.6. The Kier molecular flexibility index (Phi) is 7.31. The van der Waals surface area contributed by atoms with Gasteiger partial charge in [-0.2, -0.15) is 4.31 Å². The molecule has 0 saturated carbocycles. The molecule has 0 bridgehead atoms. The SMILES string of the molecule is COC(=O)c1c(NC(=O)C2CCN(S(=O)(=O)/C=C/c3ccccc3)CC2)sc2c1CCCC2. The number of piperidine rings is 1. The van der Waals surface area contributed by atoms with Gasteiger partial charge in [0.25, 0.3) is 0 Å². The lowest BCUT2D eigenvalue weighted by molar-refractivity contribution is -0.120. The number of hydrogen-bond donors (Lipinski definition) is 1. The van der Waals surface area contributed by atoms with Crippen LogP contribution in [0.2, 0.25) is 0 Å². The normalized spacial score (nSPS) is 17.6. The average Bonchev–Trinajstić information content (AvgIpc) is 3.21. The van der Waals surface area contributed by atoms with Crippen molar-refractivity contribution in [1.29, 1.82) is 0 Å². The summed E-state index contributed by atoms with van der Waals surface area (Å²) in [6.07, 6.45) is 6.28. The maximum Gasteiger partial charge on any atom is 0.341 e. The zero-order chi connectivity index (χ0) is 23.4. The molecule has 2 aliphatic rings. The number of methoxy groups -OCH3 is 1. The number of anilines is 1. The maximum absolute atomic E-state index is 13.0. The van der Waals surface area contributed by atoms with Gasteiger partial charge in [-0.15, -0.1) is 11.3 Å². The van der Waals surface area contributed by atoms with Crippen LogP contribution >= 0.6 is 11.3 Å². The van der Waals surface area contributed by atoms with Crippen LogP contribution in [0, 0.1) is 5.92 Å². The minimum absolute atomic E-state index is 0.171. The molecular formula is C24H28N2O5S2. The van der Waals surface area contributed by atoms with Crippen LogP contribution in [0.25, 0.3) is 6.08 Å². The smallest absolute Gasteiger partial charge is 0.341 e. The fourth-order valence-corrected chi connectivity index (χ4v) is 6.87. The second-order valence-electron chi connectivity index (χ2n) is 8.33. The highest BCUT2D eigenvalue weighted by atomic mass is 32.2. The van der Waals surface area contributed by atoms with Crippen LogP contribution in [0.4, 0.5) is 5.00 Å². The average molecular weight is 489 g/mol. The van der Waals surface area contributed by atoms with Gasteiger partial charge in [0.05, 0.1) is 12.7 Å². The fraction of sp³-hybridized carbons (Fsp3) is 0.417. The molecule has 1 saturated heterocycles. The Morgan fingerprint density at radius 1 is 1.12 bits per heavy atom. The lowest BCUT2D eigenvalue weighted by atomic mass is 9.95. The number of carbonyl (C=O) groups is 2. The van der Waals surface area contributed by atoms with E-state index in [4.69, 9.17) is 4.74 Å². The molecule has 1 aromatic carbocycles. The minimum Gasteiger partial charge on any atom is -0.465 e. The summed E-state index contributed by atoms with van der Waals surface area (Å²) in [6.45, 7) is 0.564. The van der Waals surface area contributed by atoms with E-state index in [1.165, 1.54) is 28.2 Å². The first-order chi connectivity index (χ1) is 15.9. The molecule has 0 atom stereocenters. The van der Waals surface area contributed by atoms with E-state index in [0.717, 1.165) is 41.7 Å². The molecule has 1 fully saturated rings. The summed E-state index contributed by atoms with van der Waals surface area (Å²) in [5, 5.41) is 4.73. The third-order valence-corrected chi connectivity index (χ3v) is 8.99. The van der Waals surface area contributed by atoms with Gasteiger partial charge in [-0.3, -0.25) is 4.79 Å². The summed E-state index contributed by atoms with van der Waals surface area (Å²) in [4.78, 5) is 26.5. The largest absolute Gasteiger partial charge is 0.465 e. The molecule has 1 aliphatic heterocycles. The predicted octanol–water partition coefficient (Wildman–Crippen LogP) is 4.06. The lowest BCUT2D eigenvalue weighted by Crippen LogP contribution is -2.40. The molecular weight excluding hydrogens is 460 g/mol. The van der Waals surface area contributed by atoms with Gasteiger partial charge in [0, 0.05) is 29.3 Å². The standard InChI is InChI=1S/C24H28N2O5S2/c1-31-24(28)21-19-9-5-6-10-20(19)32-23(21)25-22(27)18-11-14-26(15-12-18)33(29,30)16-13-17-7-3-2-4-8-17/h2-4,7-8,13,16,18H,5-6,9-12,14-15H2,1H3,(H,25,27)/b16-13+. The van der Waals surface area contributed by atoms with Crippen molar-refractivity contribution in [3.63, 3.8) is 0 Å². The maximum atomic E-state index is 13.0. The molecule has 1 aliphatic carbocycles. The highest BCUT2D eigenvalue weighted by molar-refractivity contribution is 7.92. The summed E-state index contributed by atoms with van der Waals surface area (Å²) in [6, 6.07) is 9.26. The second-order valence-corrected chi connectivity index (χ2v) is 11.3. The molecule has 7 nitrogen and oxygen atoms in total. The van der Waals surface area contributed by atoms with E-state index in [1.54, 1.807) is 6.08 Å². The highest BCUT2D eigenvalue weighted by Crippen LogP contribution is 2.39. The van der Waals surface area contributed by atoms with Crippen molar-refractivity contribution in [1.82, 2.24) is 4.31 Å². The fourth-order valence-electron chi connectivity index (χ4n) is 4.37. The number of rotatable bonds is 6. The van der Waals surface area contributed by atoms with E-state index in [0.29, 0.717) is 23.4 Å². The van der Waals surface area contributed by atoms with Gasteiger partial charge < -0.3 is 10.1 Å². The number of aryl methyl sites for hydroxylation is 1. The van der Waals surface area contributed by atoms with Gasteiger partial charge in [0.2, 0.25) is 15.9 Å². The summed E-state index contributed by atoms with van der Waals surface area (Å²) < 4.78 is 31.7. The monoisotopic (exact) mass is 488 g/mol. The minimum atomic E-state index is -3.55. The molecule has 1 aromatic heterocycles. The number of thiophene rings is 1. The van der Waals surface area contributed by atoms with E-state index in [9.17, 15) is 18.0 Å². The van der Waals surface area contributed by atoms with E-state index >= 15 is 0 Å². The third kappa shape index (κ3) is 5.37. The summed E-state index contributed by atoms with van der Waals surface area (Å²) >= 11 is 1.46. The molecule has 4 rings (SSSR count). The predicted molar refractivity (Wildman–Crippen MR) is 130 cm³/mol. The topological polar surface area (TPSA) is 92.8 Å². The molecule has 0 unspecified atom stereocenters. The Morgan fingerprint density at radius 3 is 2.52 bits per heavy atom. The number of sulfonamides is 1. The van der Waals surface area contributed by atoms with Gasteiger partial charge in [0.15, 0.2) is 0 Å². The van der Waals surface area contributed by atoms with Crippen molar-refractivity contribution in [3.8, 4) is 0 Å².